The van der Waals surface area contributed by atoms with Gasteiger partial charge < -0.3 is 9.47 Å². The summed E-state index contributed by atoms with van der Waals surface area (Å²) >= 11 is 0. The molecule has 0 spiro atoms. The number of amides is 3. The number of benzene rings is 2. The molecule has 0 aromatic heterocycles. The third-order valence-corrected chi connectivity index (χ3v) is 5.85. The van der Waals surface area contributed by atoms with Gasteiger partial charge in [-0.25, -0.2) is 14.5 Å². The first-order valence-corrected chi connectivity index (χ1v) is 11.3. The Morgan fingerprint density at radius 3 is 2.43 bits per heavy atom. The Kier molecular flexibility index (Phi) is 7.26. The Morgan fingerprint density at radius 2 is 1.77 bits per heavy atom. The van der Waals surface area contributed by atoms with Crippen molar-refractivity contribution in [3.8, 4) is 0 Å². The minimum absolute atomic E-state index is 0.124. The van der Waals surface area contributed by atoms with E-state index in [2.05, 4.69) is 6.58 Å². The molecule has 2 aromatic rings. The average molecular weight is 471 g/mol. The van der Waals surface area contributed by atoms with Gasteiger partial charge in [0.15, 0.2) is 0 Å². The molecule has 3 atom stereocenters. The summed E-state index contributed by atoms with van der Waals surface area (Å²) in [6, 6.07) is 16.8. The quantitative estimate of drug-likeness (QED) is 0.314. The number of nitrogens with zero attached hydrogens (tertiary/aromatic N) is 2. The summed E-state index contributed by atoms with van der Waals surface area (Å²) in [7, 11) is 0. The predicted molar refractivity (Wildman–Crippen MR) is 132 cm³/mol. The van der Waals surface area contributed by atoms with Gasteiger partial charge in [-0.1, -0.05) is 91.5 Å². The SMILES string of the molecule is C=C/C(=C\C=C/C)OC(=O)N1C(=O)[C@@H](N2C(=O)OC[C@H]2c2ccccc2)[C@@H]1/C=C/c1ccccc1. The average Bonchev–Trinajstić information content (AvgIpc) is 3.25. The number of β-lactam (4-membered cyclic amide) rings is 1. The number of imide groups is 1. The van der Waals surface area contributed by atoms with Crippen molar-refractivity contribution in [1.82, 2.24) is 9.80 Å². The molecule has 2 heterocycles. The molecule has 4 rings (SSSR count). The van der Waals surface area contributed by atoms with Crippen LogP contribution in [0.2, 0.25) is 0 Å². The van der Waals surface area contributed by atoms with E-state index in [1.165, 1.54) is 11.0 Å². The van der Waals surface area contributed by atoms with E-state index in [0.717, 1.165) is 16.0 Å². The van der Waals surface area contributed by atoms with Crippen molar-refractivity contribution >= 4 is 24.2 Å². The highest BCUT2D eigenvalue weighted by molar-refractivity contribution is 6.04. The summed E-state index contributed by atoms with van der Waals surface area (Å²) in [4.78, 5) is 41.5. The largest absolute Gasteiger partial charge is 0.447 e. The van der Waals surface area contributed by atoms with Crippen LogP contribution in [-0.2, 0) is 14.3 Å². The van der Waals surface area contributed by atoms with Crippen LogP contribution in [0.15, 0.2) is 103 Å². The fourth-order valence-corrected chi connectivity index (χ4v) is 4.11. The van der Waals surface area contributed by atoms with Crippen molar-refractivity contribution in [2.24, 2.45) is 0 Å². The maximum atomic E-state index is 13.3. The molecule has 0 bridgehead atoms. The number of hydrogen-bond donors (Lipinski definition) is 0. The zero-order valence-corrected chi connectivity index (χ0v) is 19.3. The Labute approximate surface area is 204 Å². The minimum Gasteiger partial charge on any atom is -0.447 e. The van der Waals surface area contributed by atoms with Gasteiger partial charge in [-0.15, -0.1) is 0 Å². The van der Waals surface area contributed by atoms with Crippen molar-refractivity contribution in [3.05, 3.63) is 115 Å². The van der Waals surface area contributed by atoms with Crippen LogP contribution < -0.4 is 0 Å². The van der Waals surface area contributed by atoms with E-state index in [1.54, 1.807) is 24.3 Å². The number of ether oxygens (including phenoxy) is 2. The monoisotopic (exact) mass is 470 g/mol. The van der Waals surface area contributed by atoms with Crippen molar-refractivity contribution in [1.29, 1.82) is 0 Å². The Bertz CT molecular complexity index is 1190. The number of hydrogen-bond acceptors (Lipinski definition) is 5. The maximum Gasteiger partial charge on any atom is 0.422 e. The molecule has 2 fully saturated rings. The third-order valence-electron chi connectivity index (χ3n) is 5.85. The van der Waals surface area contributed by atoms with Gasteiger partial charge in [-0.3, -0.25) is 9.69 Å². The molecule has 0 aliphatic carbocycles. The molecule has 2 aromatic carbocycles. The summed E-state index contributed by atoms with van der Waals surface area (Å²) in [6.07, 6.45) is 8.55. The van der Waals surface area contributed by atoms with Gasteiger partial charge in [0.1, 0.15) is 18.4 Å². The zero-order chi connectivity index (χ0) is 24.8. The Morgan fingerprint density at radius 1 is 1.09 bits per heavy atom. The molecule has 0 saturated carbocycles. The van der Waals surface area contributed by atoms with Crippen LogP contribution in [0.5, 0.6) is 0 Å². The number of carbonyl (C=O) groups is 3. The fraction of sp³-hybridized carbons (Fsp3) is 0.179. The van der Waals surface area contributed by atoms with Gasteiger partial charge in [0.25, 0.3) is 5.91 Å². The van der Waals surface area contributed by atoms with Gasteiger partial charge in [0, 0.05) is 0 Å². The minimum atomic E-state index is -0.908. The number of cyclic esters (lactones) is 1. The number of allylic oxidation sites excluding steroid dienone is 4. The highest BCUT2D eigenvalue weighted by Gasteiger charge is 2.58. The van der Waals surface area contributed by atoms with Crippen LogP contribution in [-0.4, -0.2) is 46.6 Å². The third kappa shape index (κ3) is 4.94. The first-order valence-electron chi connectivity index (χ1n) is 11.3. The Balaban J connectivity index is 1.65. The molecule has 0 radical (unpaired) electrons. The predicted octanol–water partition coefficient (Wildman–Crippen LogP) is 5.26. The van der Waals surface area contributed by atoms with Crippen LogP contribution in [0.25, 0.3) is 6.08 Å². The maximum absolute atomic E-state index is 13.3. The van der Waals surface area contributed by atoms with Gasteiger partial charge in [0.05, 0.1) is 12.1 Å². The fourth-order valence-electron chi connectivity index (χ4n) is 4.11. The Hall–Kier alpha value is -4.39. The second-order valence-electron chi connectivity index (χ2n) is 7.99. The highest BCUT2D eigenvalue weighted by Crippen LogP contribution is 2.37. The van der Waals surface area contributed by atoms with Crippen LogP contribution in [0.1, 0.15) is 24.1 Å². The summed E-state index contributed by atoms with van der Waals surface area (Å²) in [5, 5.41) is 0. The van der Waals surface area contributed by atoms with E-state index in [1.807, 2.05) is 73.7 Å². The summed E-state index contributed by atoms with van der Waals surface area (Å²) in [5.74, 6) is -0.329. The molecule has 2 aliphatic rings. The second-order valence-corrected chi connectivity index (χ2v) is 7.99. The van der Waals surface area contributed by atoms with Gasteiger partial charge in [-0.2, -0.15) is 0 Å². The van der Waals surface area contributed by atoms with Crippen LogP contribution in [0.3, 0.4) is 0 Å². The lowest BCUT2D eigenvalue weighted by molar-refractivity contribution is -0.150. The zero-order valence-electron chi connectivity index (χ0n) is 19.3. The summed E-state index contributed by atoms with van der Waals surface area (Å²) < 4.78 is 10.7. The van der Waals surface area contributed by atoms with Gasteiger partial charge in [0.2, 0.25) is 0 Å². The van der Waals surface area contributed by atoms with Crippen molar-refractivity contribution in [2.75, 3.05) is 6.61 Å². The smallest absolute Gasteiger partial charge is 0.422 e. The molecule has 3 amide bonds. The summed E-state index contributed by atoms with van der Waals surface area (Å²) in [5.41, 5.74) is 1.74. The van der Waals surface area contributed by atoms with Gasteiger partial charge >= 0.3 is 12.2 Å². The molecule has 178 valence electrons. The van der Waals surface area contributed by atoms with E-state index in [4.69, 9.17) is 9.47 Å². The molecule has 0 unspecified atom stereocenters. The molecular weight excluding hydrogens is 444 g/mol. The normalized spacial score (nSPS) is 22.4. The van der Waals surface area contributed by atoms with Crippen LogP contribution in [0, 0.1) is 0 Å². The van der Waals surface area contributed by atoms with E-state index >= 15 is 0 Å². The van der Waals surface area contributed by atoms with E-state index < -0.39 is 36.2 Å². The lowest BCUT2D eigenvalue weighted by atomic mass is 9.91. The number of carbonyl (C=O) groups excluding carboxylic acids is 3. The molecular formula is C28H26N2O5. The van der Waals surface area contributed by atoms with Gasteiger partial charge in [-0.05, 0) is 30.2 Å². The van der Waals surface area contributed by atoms with E-state index in [0.29, 0.717) is 0 Å². The lowest BCUT2D eigenvalue weighted by Gasteiger charge is -2.47. The van der Waals surface area contributed by atoms with Crippen molar-refractivity contribution in [3.63, 3.8) is 0 Å². The number of likely N-dealkylation sites (tertiary alicyclic amines) is 1. The van der Waals surface area contributed by atoms with Crippen molar-refractivity contribution < 1.29 is 23.9 Å². The molecule has 7 nitrogen and oxygen atoms in total. The highest BCUT2D eigenvalue weighted by atomic mass is 16.6. The summed E-state index contributed by atoms with van der Waals surface area (Å²) in [6.45, 7) is 5.60. The lowest BCUT2D eigenvalue weighted by Crippen LogP contribution is -2.71. The first-order chi connectivity index (χ1) is 17.0. The van der Waals surface area contributed by atoms with Crippen LogP contribution in [0.4, 0.5) is 9.59 Å². The first kappa shape index (κ1) is 23.8. The molecule has 7 heteroatoms. The standard InChI is InChI=1S/C28H26N2O5/c1-3-5-16-22(4-2)35-28(33)30-23(18-17-20-12-8-6-9-13-20)25(26(30)31)29-24(19-34-27(29)32)21-14-10-7-11-15-21/h3-18,23-25H,2,19H2,1H3/b5-3-,18-17+,22-16+/t23-,24-,25-/m0/s1. The second kappa shape index (κ2) is 10.7. The molecule has 2 saturated heterocycles. The van der Waals surface area contributed by atoms with Crippen LogP contribution >= 0.6 is 0 Å². The van der Waals surface area contributed by atoms with E-state index in [9.17, 15) is 14.4 Å². The number of rotatable bonds is 7. The molecule has 35 heavy (non-hydrogen) atoms. The molecule has 0 N–H and O–H groups in total. The van der Waals surface area contributed by atoms with E-state index in [-0.39, 0.29) is 12.4 Å². The van der Waals surface area contributed by atoms with Crippen molar-refractivity contribution in [2.45, 2.75) is 25.0 Å². The topological polar surface area (TPSA) is 76.2 Å². The molecule has 2 aliphatic heterocycles.